The van der Waals surface area contributed by atoms with Gasteiger partial charge in [-0.1, -0.05) is 65.0 Å². The van der Waals surface area contributed by atoms with E-state index in [1.807, 2.05) is 0 Å². The molecule has 1 unspecified atom stereocenters. The molecule has 6 rings (SSSR count). The second-order valence-electron chi connectivity index (χ2n) is 12.0. The number of rotatable bonds is 17. The maximum Gasteiger partial charge on any atom is 0.119 e. The Hall–Kier alpha value is -2.35. The average molecular weight is 782 g/mol. The Bertz CT molecular complexity index is 1850. The van der Waals surface area contributed by atoms with E-state index in [9.17, 15) is 0 Å². The zero-order valence-electron chi connectivity index (χ0n) is 28.4. The van der Waals surface area contributed by atoms with E-state index in [4.69, 9.17) is 18.2 Å². The number of nitrogens with zero attached hydrogens (tertiary/aromatic N) is 2. The molecule has 0 spiro atoms. The van der Waals surface area contributed by atoms with E-state index in [1.54, 1.807) is 22.7 Å². The van der Waals surface area contributed by atoms with Gasteiger partial charge in [0.05, 0.1) is 18.3 Å². The van der Waals surface area contributed by atoms with Crippen molar-refractivity contribution < 1.29 is 46.6 Å². The molecule has 0 saturated carbocycles. The largest absolute Gasteiger partial charge is 0.525 e. The Morgan fingerprint density at radius 1 is 0.612 bits per heavy atom. The Morgan fingerprint density at radius 2 is 1.12 bits per heavy atom. The number of benzene rings is 3. The van der Waals surface area contributed by atoms with Gasteiger partial charge in [0.15, 0.2) is 0 Å². The van der Waals surface area contributed by atoms with Crippen LogP contribution in [0.5, 0.6) is 11.5 Å². The molecule has 0 aliphatic rings. The van der Waals surface area contributed by atoms with Crippen LogP contribution in [0, 0.1) is 12.3 Å². The summed E-state index contributed by atoms with van der Waals surface area (Å²) in [6.45, 7) is 8.17. The van der Waals surface area contributed by atoms with Crippen LogP contribution in [-0.2, 0) is 37.1 Å². The Balaban J connectivity index is 0.00000270. The normalized spacial score (nSPS) is 11.6. The summed E-state index contributed by atoms with van der Waals surface area (Å²) >= 11 is 4.86. The molecule has 0 N–H and O–H groups in total. The quantitative estimate of drug-likeness (QED) is 0.0683. The van der Waals surface area contributed by atoms with Crippen molar-refractivity contribution in [3.8, 4) is 53.3 Å². The topological polar surface area (TPSA) is 44.2 Å². The predicted molar refractivity (Wildman–Crippen MR) is 203 cm³/mol. The smallest absolute Gasteiger partial charge is 0.119 e. The van der Waals surface area contributed by atoms with Crippen LogP contribution in [0.3, 0.4) is 0 Å². The van der Waals surface area contributed by atoms with Gasteiger partial charge in [-0.15, -0.1) is 22.7 Å². The molecule has 3 heterocycles. The number of hydrogen-bond donors (Lipinski definition) is 0. The summed E-state index contributed by atoms with van der Waals surface area (Å²) in [6.07, 6.45) is 10.7. The molecule has 0 aliphatic heterocycles. The maximum atomic E-state index is 6.15. The molecule has 9 heteroatoms. The second-order valence-corrected chi connectivity index (χ2v) is 14.7. The summed E-state index contributed by atoms with van der Waals surface area (Å²) in [7, 11) is 0. The minimum absolute atomic E-state index is 0. The number of thiophene rings is 2. The van der Waals surface area contributed by atoms with Crippen LogP contribution in [0.25, 0.3) is 52.8 Å². The molecule has 0 fully saturated rings. The van der Waals surface area contributed by atoms with Gasteiger partial charge in [0, 0.05) is 67.7 Å². The SMILES string of the molecule is CCCC[CH-]COc1ccc(-c2ccc(-c3ccc(-c4ccc(-c5ccc(OCC(CC)CCCC)cc5)s4)c4nsnc34)s2)cc1.[V].[V]. The van der Waals surface area contributed by atoms with Crippen molar-refractivity contribution in [2.24, 2.45) is 5.92 Å². The molecule has 0 amide bonds. The van der Waals surface area contributed by atoms with Gasteiger partial charge in [-0.3, -0.25) is 6.42 Å². The maximum absolute atomic E-state index is 6.15. The van der Waals surface area contributed by atoms with Gasteiger partial charge in [0.1, 0.15) is 22.5 Å². The van der Waals surface area contributed by atoms with Crippen molar-refractivity contribution in [2.75, 3.05) is 13.2 Å². The van der Waals surface area contributed by atoms with Gasteiger partial charge in [0.25, 0.3) is 0 Å². The summed E-state index contributed by atoms with van der Waals surface area (Å²) in [4.78, 5) is 4.85. The molecule has 3 aromatic carbocycles. The van der Waals surface area contributed by atoms with Crippen molar-refractivity contribution >= 4 is 45.4 Å². The van der Waals surface area contributed by atoms with Gasteiger partial charge in [-0.25, -0.2) is 0 Å². The van der Waals surface area contributed by atoms with Gasteiger partial charge >= 0.3 is 0 Å². The summed E-state index contributed by atoms with van der Waals surface area (Å²) in [6, 6.07) is 30.2. The first kappa shape index (κ1) is 39.4. The summed E-state index contributed by atoms with van der Waals surface area (Å²) in [5.41, 5.74) is 6.58. The Labute approximate surface area is 327 Å². The third-order valence-corrected chi connectivity index (χ3v) is 11.5. The van der Waals surface area contributed by atoms with Crippen LogP contribution in [0.2, 0.25) is 0 Å². The fourth-order valence-electron chi connectivity index (χ4n) is 5.67. The monoisotopic (exact) mass is 781 g/mol. The third kappa shape index (κ3) is 10.1. The van der Waals surface area contributed by atoms with Gasteiger partial charge in [0.2, 0.25) is 0 Å². The molecule has 3 aromatic heterocycles. The van der Waals surface area contributed by atoms with E-state index in [0.717, 1.165) is 53.1 Å². The molecule has 1 atom stereocenters. The fourth-order valence-corrected chi connectivity index (χ4v) is 8.32. The minimum atomic E-state index is 0. The van der Waals surface area contributed by atoms with Crippen molar-refractivity contribution in [3.05, 3.63) is 91.3 Å². The van der Waals surface area contributed by atoms with E-state index in [0.29, 0.717) is 12.5 Å². The molecular weight excluding hydrogens is 739 g/mol. The molecule has 2 radical (unpaired) electrons. The molecule has 0 bridgehead atoms. The molecule has 0 aliphatic carbocycles. The predicted octanol–water partition coefficient (Wildman–Crippen LogP) is 12.8. The van der Waals surface area contributed by atoms with Crippen LogP contribution >= 0.6 is 34.4 Å². The van der Waals surface area contributed by atoms with Crippen LogP contribution in [0.4, 0.5) is 0 Å². The van der Waals surface area contributed by atoms with Crippen molar-refractivity contribution in [2.45, 2.75) is 65.7 Å². The summed E-state index contributed by atoms with van der Waals surface area (Å²) in [5, 5.41) is 0. The van der Waals surface area contributed by atoms with Crippen LogP contribution < -0.4 is 9.47 Å². The summed E-state index contributed by atoms with van der Waals surface area (Å²) < 4.78 is 21.6. The second kappa shape index (κ2) is 19.9. The van der Waals surface area contributed by atoms with Crippen molar-refractivity contribution in [1.29, 1.82) is 0 Å². The van der Waals surface area contributed by atoms with Gasteiger partial charge in [-0.2, -0.15) is 15.2 Å². The number of fused-ring (bicyclic) bond motifs is 1. The first-order valence-electron chi connectivity index (χ1n) is 16.9. The van der Waals surface area contributed by atoms with Crippen molar-refractivity contribution in [3.63, 3.8) is 0 Å². The molecule has 4 nitrogen and oxygen atoms in total. The Kier molecular flexibility index (Phi) is 16.0. The van der Waals surface area contributed by atoms with E-state index < -0.39 is 0 Å². The molecule has 6 aromatic rings. The zero-order chi connectivity index (χ0) is 32.4. The van der Waals surface area contributed by atoms with Crippen LogP contribution in [0.15, 0.2) is 84.9 Å². The van der Waals surface area contributed by atoms with Crippen LogP contribution in [0.1, 0.15) is 65.7 Å². The first-order valence-corrected chi connectivity index (χ1v) is 19.3. The third-order valence-electron chi connectivity index (χ3n) is 8.59. The molecule has 49 heavy (non-hydrogen) atoms. The van der Waals surface area contributed by atoms with Gasteiger partial charge in [-0.05, 0) is 103 Å². The standard InChI is InChI=1S/C40H43N2O2S3.2V/c1-4-7-9-10-26-43-31-16-12-29(13-17-31)35-22-24-37(45-35)33-20-21-34(40-39(33)41-47-42-40)38-25-23-36(46-38)30-14-18-32(19-15-30)44-27-28(6-3)11-8-5-2;;/h10,12-25,28H,4-9,11,26-27H2,1-3H3;;/q-1;;. The first-order chi connectivity index (χ1) is 23.2. The zero-order valence-corrected chi connectivity index (χ0v) is 33.7. The van der Waals surface area contributed by atoms with E-state index >= 15 is 0 Å². The van der Waals surface area contributed by atoms with E-state index in [2.05, 4.69) is 112 Å². The Morgan fingerprint density at radius 3 is 1.63 bits per heavy atom. The van der Waals surface area contributed by atoms with Gasteiger partial charge < -0.3 is 9.47 Å². The van der Waals surface area contributed by atoms with E-state index in [1.165, 1.54) is 74.5 Å². The fraction of sp³-hybridized carbons (Fsp3) is 0.325. The minimum Gasteiger partial charge on any atom is -0.525 e. The molecule has 254 valence electrons. The molecule has 0 saturated heterocycles. The summed E-state index contributed by atoms with van der Waals surface area (Å²) in [5.74, 6) is 2.48. The number of ether oxygens (including phenoxy) is 2. The number of unbranched alkanes of at least 4 members (excludes halogenated alkanes) is 4. The van der Waals surface area contributed by atoms with E-state index in [-0.39, 0.29) is 37.1 Å². The van der Waals surface area contributed by atoms with Crippen LogP contribution in [-0.4, -0.2) is 22.0 Å². The van der Waals surface area contributed by atoms with Crippen molar-refractivity contribution in [1.82, 2.24) is 8.75 Å². The molecular formula is C40H43N2O2S3V2-. The average Bonchev–Trinajstić information content (AvgIpc) is 3.90. The number of hydrogen-bond acceptors (Lipinski definition) is 7. The number of aromatic nitrogens is 2.